The number of carbonyl (C=O) groups is 1. The van der Waals surface area contributed by atoms with Gasteiger partial charge < -0.3 is 4.74 Å². The van der Waals surface area contributed by atoms with Gasteiger partial charge >= 0.3 is 5.97 Å². The van der Waals surface area contributed by atoms with Crippen LogP contribution in [0.4, 0.5) is 0 Å². The van der Waals surface area contributed by atoms with Crippen LogP contribution in [0.25, 0.3) is 0 Å². The summed E-state index contributed by atoms with van der Waals surface area (Å²) in [5.41, 5.74) is 1.33. The first-order valence-electron chi connectivity index (χ1n) is 6.63. The molecule has 18 heavy (non-hydrogen) atoms. The quantitative estimate of drug-likeness (QED) is 0.763. The summed E-state index contributed by atoms with van der Waals surface area (Å²) in [5.74, 6) is 0.750. The predicted molar refractivity (Wildman–Crippen MR) is 68.9 cm³/mol. The van der Waals surface area contributed by atoms with Gasteiger partial charge in [-0.2, -0.15) is 0 Å². The molecule has 1 aliphatic heterocycles. The first-order chi connectivity index (χ1) is 8.78. The maximum atomic E-state index is 11.8. The highest BCUT2D eigenvalue weighted by atomic mass is 16.5. The van der Waals surface area contributed by atoms with Crippen LogP contribution < -0.4 is 0 Å². The van der Waals surface area contributed by atoms with Crippen molar-refractivity contribution in [3.63, 3.8) is 0 Å². The van der Waals surface area contributed by atoms with Gasteiger partial charge in [0.05, 0.1) is 13.0 Å². The zero-order valence-corrected chi connectivity index (χ0v) is 10.7. The summed E-state index contributed by atoms with van der Waals surface area (Å²) in [4.78, 5) is 14.2. The molecule has 0 radical (unpaired) electrons. The van der Waals surface area contributed by atoms with Crippen LogP contribution in [-0.4, -0.2) is 30.6 Å². The molecular weight excluding hydrogens is 226 g/mol. The Morgan fingerprint density at radius 1 is 1.33 bits per heavy atom. The summed E-state index contributed by atoms with van der Waals surface area (Å²) >= 11 is 0. The lowest BCUT2D eigenvalue weighted by molar-refractivity contribution is -0.148. The van der Waals surface area contributed by atoms with Gasteiger partial charge in [0.25, 0.3) is 0 Å². The lowest BCUT2D eigenvalue weighted by atomic mass is 9.98. The molecule has 1 saturated heterocycles. The summed E-state index contributed by atoms with van der Waals surface area (Å²) in [6, 6.07) is 10.9. The van der Waals surface area contributed by atoms with Gasteiger partial charge in [-0.1, -0.05) is 30.3 Å². The smallest absolute Gasteiger partial charge is 0.310 e. The number of hydrogen-bond acceptors (Lipinski definition) is 3. The second kappa shape index (κ2) is 4.73. The molecule has 1 aliphatic carbocycles. The van der Waals surface area contributed by atoms with Gasteiger partial charge in [0.15, 0.2) is 0 Å². The minimum atomic E-state index is -0.0275. The Morgan fingerprint density at radius 3 is 2.78 bits per heavy atom. The normalized spacial score (nSPS) is 30.6. The van der Waals surface area contributed by atoms with Gasteiger partial charge in [-0.05, 0) is 24.3 Å². The van der Waals surface area contributed by atoms with Crippen LogP contribution in [0.2, 0.25) is 0 Å². The van der Waals surface area contributed by atoms with E-state index >= 15 is 0 Å². The van der Waals surface area contributed by atoms with Crippen molar-refractivity contribution < 1.29 is 9.53 Å². The van der Waals surface area contributed by atoms with Crippen molar-refractivity contribution in [2.45, 2.75) is 25.4 Å². The number of fused-ring (bicyclic) bond motifs is 2. The van der Waals surface area contributed by atoms with Crippen molar-refractivity contribution in [3.05, 3.63) is 35.9 Å². The third-order valence-electron chi connectivity index (χ3n) is 4.32. The first-order valence-corrected chi connectivity index (χ1v) is 6.63. The number of benzene rings is 1. The molecule has 3 rings (SSSR count). The molecule has 0 spiro atoms. The molecule has 0 aromatic heterocycles. The van der Waals surface area contributed by atoms with Crippen molar-refractivity contribution in [2.75, 3.05) is 13.7 Å². The molecule has 3 atom stereocenters. The van der Waals surface area contributed by atoms with Crippen molar-refractivity contribution in [3.8, 4) is 0 Å². The van der Waals surface area contributed by atoms with E-state index in [9.17, 15) is 4.79 Å². The molecule has 2 fully saturated rings. The third-order valence-corrected chi connectivity index (χ3v) is 4.32. The Labute approximate surface area is 108 Å². The predicted octanol–water partition coefficient (Wildman–Crippen LogP) is 2.07. The molecule has 2 aliphatic rings. The fourth-order valence-corrected chi connectivity index (χ4v) is 3.54. The summed E-state index contributed by atoms with van der Waals surface area (Å²) in [5, 5.41) is 0. The van der Waals surface area contributed by atoms with E-state index in [1.807, 2.05) is 6.07 Å². The van der Waals surface area contributed by atoms with Gasteiger partial charge in [-0.3, -0.25) is 9.69 Å². The monoisotopic (exact) mass is 245 g/mol. The van der Waals surface area contributed by atoms with E-state index in [1.54, 1.807) is 0 Å². The molecular formula is C15H19NO2. The van der Waals surface area contributed by atoms with Crippen LogP contribution in [0, 0.1) is 11.8 Å². The molecule has 1 heterocycles. The minimum absolute atomic E-state index is 0.0275. The molecule has 3 nitrogen and oxygen atoms in total. The summed E-state index contributed by atoms with van der Waals surface area (Å²) in [7, 11) is 1.50. The van der Waals surface area contributed by atoms with Crippen molar-refractivity contribution in [1.29, 1.82) is 0 Å². The molecule has 0 unspecified atom stereocenters. The van der Waals surface area contributed by atoms with Crippen molar-refractivity contribution in [2.24, 2.45) is 11.8 Å². The van der Waals surface area contributed by atoms with E-state index in [4.69, 9.17) is 4.74 Å². The number of esters is 1. The van der Waals surface area contributed by atoms with Crippen LogP contribution in [0.3, 0.4) is 0 Å². The van der Waals surface area contributed by atoms with Crippen molar-refractivity contribution in [1.82, 2.24) is 4.90 Å². The second-order valence-corrected chi connectivity index (χ2v) is 5.45. The lowest BCUT2D eigenvalue weighted by Gasteiger charge is -2.31. The highest BCUT2D eigenvalue weighted by Crippen LogP contribution is 2.42. The summed E-state index contributed by atoms with van der Waals surface area (Å²) in [6.45, 7) is 2.09. The standard InChI is InChI=1S/C15H19NO2/c1-18-15(17)13-7-12-8-14(13)16(10-12)9-11-5-3-2-4-6-11/h2-6,12-14H,7-10H2,1H3/t12-,13-,14+/m0/s1. The van der Waals surface area contributed by atoms with Crippen LogP contribution in [-0.2, 0) is 16.1 Å². The van der Waals surface area contributed by atoms with E-state index < -0.39 is 0 Å². The Kier molecular flexibility index (Phi) is 3.08. The highest BCUT2D eigenvalue weighted by molar-refractivity contribution is 5.73. The third kappa shape index (κ3) is 2.03. The van der Waals surface area contributed by atoms with Gasteiger partial charge in [0.1, 0.15) is 0 Å². The van der Waals surface area contributed by atoms with E-state index in [-0.39, 0.29) is 11.9 Å². The summed E-state index contributed by atoms with van der Waals surface area (Å²) < 4.78 is 4.92. The van der Waals surface area contributed by atoms with Gasteiger partial charge in [-0.25, -0.2) is 0 Å². The van der Waals surface area contributed by atoms with E-state index in [2.05, 4.69) is 29.2 Å². The largest absolute Gasteiger partial charge is 0.469 e. The zero-order chi connectivity index (χ0) is 12.5. The first kappa shape index (κ1) is 11.7. The SMILES string of the molecule is COC(=O)[C@H]1C[C@H]2C[C@H]1N(Cc1ccccc1)C2. The number of ether oxygens (including phenoxy) is 1. The van der Waals surface area contributed by atoms with Crippen molar-refractivity contribution >= 4 is 5.97 Å². The number of piperidine rings is 1. The van der Waals surface area contributed by atoms with Gasteiger partial charge in [0, 0.05) is 19.1 Å². The van der Waals surface area contributed by atoms with Crippen LogP contribution in [0.1, 0.15) is 18.4 Å². The lowest BCUT2D eigenvalue weighted by Crippen LogP contribution is -2.41. The molecule has 1 saturated carbocycles. The zero-order valence-electron chi connectivity index (χ0n) is 10.7. The Balaban J connectivity index is 1.70. The fourth-order valence-electron chi connectivity index (χ4n) is 3.54. The highest BCUT2D eigenvalue weighted by Gasteiger charge is 2.48. The number of hydrogen-bond donors (Lipinski definition) is 0. The number of nitrogens with zero attached hydrogens (tertiary/aromatic N) is 1. The molecule has 3 heteroatoms. The maximum Gasteiger partial charge on any atom is 0.310 e. The Bertz CT molecular complexity index is 431. The Hall–Kier alpha value is -1.35. The average molecular weight is 245 g/mol. The van der Waals surface area contributed by atoms with E-state index in [0.717, 1.165) is 25.9 Å². The number of methoxy groups -OCH3 is 1. The number of likely N-dealkylation sites (tertiary alicyclic amines) is 1. The molecule has 96 valence electrons. The van der Waals surface area contributed by atoms with E-state index in [0.29, 0.717) is 12.0 Å². The topological polar surface area (TPSA) is 29.5 Å². The molecule has 0 N–H and O–H groups in total. The fraction of sp³-hybridized carbons (Fsp3) is 0.533. The minimum Gasteiger partial charge on any atom is -0.469 e. The average Bonchev–Trinajstić information content (AvgIpc) is 2.98. The molecule has 0 amide bonds. The van der Waals surface area contributed by atoms with Gasteiger partial charge in [0.2, 0.25) is 0 Å². The van der Waals surface area contributed by atoms with Crippen LogP contribution in [0.15, 0.2) is 30.3 Å². The van der Waals surface area contributed by atoms with Crippen LogP contribution in [0.5, 0.6) is 0 Å². The van der Waals surface area contributed by atoms with Crippen LogP contribution >= 0.6 is 0 Å². The number of carbonyl (C=O) groups excluding carboxylic acids is 1. The molecule has 1 aromatic carbocycles. The summed E-state index contributed by atoms with van der Waals surface area (Å²) in [6.07, 6.45) is 2.18. The molecule has 1 aromatic rings. The Morgan fingerprint density at radius 2 is 2.11 bits per heavy atom. The maximum absolute atomic E-state index is 11.8. The number of rotatable bonds is 3. The van der Waals surface area contributed by atoms with Gasteiger partial charge in [-0.15, -0.1) is 0 Å². The van der Waals surface area contributed by atoms with E-state index in [1.165, 1.54) is 12.7 Å². The second-order valence-electron chi connectivity index (χ2n) is 5.45. The molecule has 2 bridgehead atoms.